The predicted octanol–water partition coefficient (Wildman–Crippen LogP) is 6.23. The standard InChI is InChI=1S/C30H34N6O/c1-20(2)16-28-31-30(35-33-28)24-9-11-27-26(19-24)29(34-32-27)23-7-6-22-18-25(10-8-21(22)17-23)37-15-14-36-12-4-3-5-13-36/h6-11,17-20H,3-5,12-16H2,1-2H3,(H,32,34)(H,31,33,35). The van der Waals surface area contributed by atoms with E-state index >= 15 is 0 Å². The molecule has 1 saturated heterocycles. The van der Waals surface area contributed by atoms with Crippen molar-refractivity contribution in [1.82, 2.24) is 30.3 Å². The normalized spacial score (nSPS) is 14.7. The van der Waals surface area contributed by atoms with Crippen LogP contribution in [0.2, 0.25) is 0 Å². The first-order chi connectivity index (χ1) is 18.1. The molecular formula is C30H34N6O. The summed E-state index contributed by atoms with van der Waals surface area (Å²) in [6.07, 6.45) is 4.86. The highest BCUT2D eigenvalue weighted by Gasteiger charge is 2.14. The number of nitrogens with one attached hydrogen (secondary N) is 2. The minimum Gasteiger partial charge on any atom is -0.492 e. The fourth-order valence-corrected chi connectivity index (χ4v) is 5.21. The van der Waals surface area contributed by atoms with Crippen molar-refractivity contribution in [2.45, 2.75) is 39.5 Å². The first-order valence-corrected chi connectivity index (χ1v) is 13.4. The van der Waals surface area contributed by atoms with Crippen molar-refractivity contribution >= 4 is 21.7 Å². The van der Waals surface area contributed by atoms with Crippen LogP contribution in [0.1, 0.15) is 38.9 Å². The second-order valence-corrected chi connectivity index (χ2v) is 10.5. The van der Waals surface area contributed by atoms with Gasteiger partial charge in [-0.2, -0.15) is 10.2 Å². The van der Waals surface area contributed by atoms with E-state index < -0.39 is 0 Å². The largest absolute Gasteiger partial charge is 0.492 e. The zero-order valence-electron chi connectivity index (χ0n) is 21.6. The van der Waals surface area contributed by atoms with Gasteiger partial charge in [0.2, 0.25) is 0 Å². The smallest absolute Gasteiger partial charge is 0.181 e. The first kappa shape index (κ1) is 23.7. The van der Waals surface area contributed by atoms with E-state index in [-0.39, 0.29) is 0 Å². The van der Waals surface area contributed by atoms with E-state index in [4.69, 9.17) is 9.72 Å². The molecule has 6 rings (SSSR count). The van der Waals surface area contributed by atoms with Gasteiger partial charge in [-0.1, -0.05) is 38.5 Å². The van der Waals surface area contributed by atoms with E-state index in [0.717, 1.165) is 70.1 Å². The molecule has 7 heteroatoms. The van der Waals surface area contributed by atoms with Crippen LogP contribution < -0.4 is 4.74 Å². The highest BCUT2D eigenvalue weighted by molar-refractivity contribution is 5.97. The number of aromatic nitrogens is 5. The molecule has 1 fully saturated rings. The highest BCUT2D eigenvalue weighted by atomic mass is 16.5. The van der Waals surface area contributed by atoms with Gasteiger partial charge in [-0.3, -0.25) is 15.1 Å². The van der Waals surface area contributed by atoms with E-state index in [9.17, 15) is 0 Å². The molecule has 0 spiro atoms. The number of hydrogen-bond donors (Lipinski definition) is 2. The summed E-state index contributed by atoms with van der Waals surface area (Å²) in [6.45, 7) is 8.49. The van der Waals surface area contributed by atoms with Gasteiger partial charge in [0.15, 0.2) is 5.82 Å². The summed E-state index contributed by atoms with van der Waals surface area (Å²) in [6, 6.07) is 19.0. The molecule has 1 aliphatic heterocycles. The quantitative estimate of drug-likeness (QED) is 0.267. The Hall–Kier alpha value is -3.71. The molecule has 0 unspecified atom stereocenters. The number of hydrogen-bond acceptors (Lipinski definition) is 5. The van der Waals surface area contributed by atoms with Crippen LogP contribution >= 0.6 is 0 Å². The molecule has 0 saturated carbocycles. The molecule has 0 aliphatic carbocycles. The Morgan fingerprint density at radius 3 is 2.54 bits per heavy atom. The van der Waals surface area contributed by atoms with Gasteiger partial charge in [0, 0.05) is 29.5 Å². The molecule has 37 heavy (non-hydrogen) atoms. The number of H-pyrrole nitrogens is 2. The van der Waals surface area contributed by atoms with Gasteiger partial charge in [0.1, 0.15) is 18.2 Å². The second kappa shape index (κ2) is 10.3. The van der Waals surface area contributed by atoms with Crippen molar-refractivity contribution in [3.8, 4) is 28.4 Å². The second-order valence-electron chi connectivity index (χ2n) is 10.5. The number of rotatable bonds is 8. The van der Waals surface area contributed by atoms with Crippen LogP contribution in [-0.4, -0.2) is 56.5 Å². The summed E-state index contributed by atoms with van der Waals surface area (Å²) in [5.41, 5.74) is 3.98. The van der Waals surface area contributed by atoms with Crippen molar-refractivity contribution in [3.05, 3.63) is 60.4 Å². The Morgan fingerprint density at radius 1 is 0.865 bits per heavy atom. The lowest BCUT2D eigenvalue weighted by Crippen LogP contribution is -2.33. The van der Waals surface area contributed by atoms with Gasteiger partial charge >= 0.3 is 0 Å². The number of ether oxygens (including phenoxy) is 1. The SMILES string of the molecule is CC(C)Cc1nc(-c2ccc3[nH]nc(-c4ccc5cc(OCCN6CCCCC6)ccc5c4)c3c2)n[nH]1. The molecule has 1 aliphatic rings. The molecule has 2 N–H and O–H groups in total. The Labute approximate surface area is 217 Å². The Kier molecular flexibility index (Phi) is 6.62. The van der Waals surface area contributed by atoms with Gasteiger partial charge < -0.3 is 4.74 Å². The minimum absolute atomic E-state index is 0.527. The molecule has 0 amide bonds. The predicted molar refractivity (Wildman–Crippen MR) is 149 cm³/mol. The number of likely N-dealkylation sites (tertiary alicyclic amines) is 1. The topological polar surface area (TPSA) is 82.7 Å². The monoisotopic (exact) mass is 494 g/mol. The third kappa shape index (κ3) is 5.23. The van der Waals surface area contributed by atoms with Gasteiger partial charge in [-0.25, -0.2) is 4.98 Å². The number of fused-ring (bicyclic) bond motifs is 2. The number of piperidine rings is 1. The fourth-order valence-electron chi connectivity index (χ4n) is 5.21. The lowest BCUT2D eigenvalue weighted by Gasteiger charge is -2.26. The molecule has 3 heterocycles. The van der Waals surface area contributed by atoms with Crippen molar-refractivity contribution in [2.75, 3.05) is 26.2 Å². The van der Waals surface area contributed by atoms with E-state index in [0.29, 0.717) is 5.92 Å². The number of benzene rings is 3. The van der Waals surface area contributed by atoms with Crippen molar-refractivity contribution < 1.29 is 4.74 Å². The van der Waals surface area contributed by atoms with Crippen LogP contribution in [0.25, 0.3) is 44.3 Å². The van der Waals surface area contributed by atoms with Crippen LogP contribution in [0.4, 0.5) is 0 Å². The molecule has 3 aromatic carbocycles. The molecule has 5 aromatic rings. The molecule has 0 atom stereocenters. The average molecular weight is 495 g/mol. The zero-order valence-corrected chi connectivity index (χ0v) is 21.6. The van der Waals surface area contributed by atoms with Gasteiger partial charge in [-0.05, 0) is 79.0 Å². The zero-order chi connectivity index (χ0) is 25.2. The molecule has 190 valence electrons. The molecule has 0 radical (unpaired) electrons. The third-order valence-corrected chi connectivity index (χ3v) is 7.16. The van der Waals surface area contributed by atoms with Crippen LogP contribution in [0, 0.1) is 5.92 Å². The maximum Gasteiger partial charge on any atom is 0.181 e. The Bertz CT molecular complexity index is 1510. The van der Waals surface area contributed by atoms with Crippen LogP contribution in [0.3, 0.4) is 0 Å². The summed E-state index contributed by atoms with van der Waals surface area (Å²) in [5, 5.41) is 18.8. The first-order valence-electron chi connectivity index (χ1n) is 13.4. The van der Waals surface area contributed by atoms with E-state index in [2.05, 4.69) is 81.6 Å². The summed E-state index contributed by atoms with van der Waals surface area (Å²) in [5.74, 6) is 3.09. The van der Waals surface area contributed by atoms with Crippen molar-refractivity contribution in [1.29, 1.82) is 0 Å². The van der Waals surface area contributed by atoms with E-state index in [1.807, 2.05) is 12.1 Å². The fraction of sp³-hybridized carbons (Fsp3) is 0.367. The summed E-state index contributed by atoms with van der Waals surface area (Å²) in [4.78, 5) is 7.20. The summed E-state index contributed by atoms with van der Waals surface area (Å²) >= 11 is 0. The highest BCUT2D eigenvalue weighted by Crippen LogP contribution is 2.32. The van der Waals surface area contributed by atoms with Gasteiger partial charge in [0.05, 0.1) is 11.2 Å². The molecule has 0 bridgehead atoms. The van der Waals surface area contributed by atoms with Gasteiger partial charge in [-0.15, -0.1) is 0 Å². The molecule has 2 aromatic heterocycles. The number of aromatic amines is 2. The van der Waals surface area contributed by atoms with Crippen LogP contribution in [-0.2, 0) is 6.42 Å². The summed E-state index contributed by atoms with van der Waals surface area (Å²) < 4.78 is 6.08. The van der Waals surface area contributed by atoms with Crippen LogP contribution in [0.5, 0.6) is 5.75 Å². The lowest BCUT2D eigenvalue weighted by molar-refractivity contribution is 0.183. The minimum atomic E-state index is 0.527. The van der Waals surface area contributed by atoms with Crippen molar-refractivity contribution in [3.63, 3.8) is 0 Å². The van der Waals surface area contributed by atoms with E-state index in [1.165, 1.54) is 37.7 Å². The van der Waals surface area contributed by atoms with Gasteiger partial charge in [0.25, 0.3) is 0 Å². The van der Waals surface area contributed by atoms with Crippen molar-refractivity contribution in [2.24, 2.45) is 5.92 Å². The Balaban J connectivity index is 1.22. The average Bonchev–Trinajstić information content (AvgIpc) is 3.55. The van der Waals surface area contributed by atoms with Crippen LogP contribution in [0.15, 0.2) is 54.6 Å². The maximum absolute atomic E-state index is 6.08. The summed E-state index contributed by atoms with van der Waals surface area (Å²) in [7, 11) is 0. The Morgan fingerprint density at radius 2 is 1.68 bits per heavy atom. The molecular weight excluding hydrogens is 460 g/mol. The lowest BCUT2D eigenvalue weighted by atomic mass is 10.0. The third-order valence-electron chi connectivity index (χ3n) is 7.16. The molecule has 7 nitrogen and oxygen atoms in total. The maximum atomic E-state index is 6.08. The number of nitrogens with zero attached hydrogens (tertiary/aromatic N) is 4. The van der Waals surface area contributed by atoms with E-state index in [1.54, 1.807) is 0 Å².